The van der Waals surface area contributed by atoms with E-state index in [1.54, 1.807) is 0 Å². The molecule has 5 nitrogen and oxygen atoms in total. The average molecular weight is 300 g/mol. The highest BCUT2D eigenvalue weighted by atomic mass is 16.2. The van der Waals surface area contributed by atoms with Crippen LogP contribution < -0.4 is 5.73 Å². The van der Waals surface area contributed by atoms with E-state index in [1.807, 2.05) is 41.3 Å². The summed E-state index contributed by atoms with van der Waals surface area (Å²) in [7, 11) is 0. The summed E-state index contributed by atoms with van der Waals surface area (Å²) < 4.78 is 0. The Morgan fingerprint density at radius 1 is 1.32 bits per heavy atom. The number of hydrogen-bond donors (Lipinski definition) is 2. The molecule has 0 saturated heterocycles. The van der Waals surface area contributed by atoms with Crippen molar-refractivity contribution in [3.05, 3.63) is 53.3 Å². The Morgan fingerprint density at radius 3 is 2.64 bits per heavy atom. The first-order chi connectivity index (χ1) is 10.6. The number of hydrogen-bond acceptors (Lipinski definition) is 3. The first kappa shape index (κ1) is 16.2. The molecule has 1 amide bonds. The molecule has 0 unspecified atom stereocenters. The minimum Gasteiger partial charge on any atom is -0.333 e. The molecule has 0 aliphatic rings. The number of nitrogens with one attached hydrogen (secondary N) is 1. The van der Waals surface area contributed by atoms with Crippen molar-refractivity contribution in [1.29, 1.82) is 0 Å². The van der Waals surface area contributed by atoms with E-state index in [0.29, 0.717) is 31.2 Å². The van der Waals surface area contributed by atoms with Crippen LogP contribution in [0.25, 0.3) is 0 Å². The van der Waals surface area contributed by atoms with Gasteiger partial charge in [-0.3, -0.25) is 9.89 Å². The maximum Gasteiger partial charge on any atom is 0.274 e. The standard InChI is InChI=1S/C17H24N4O/c1-13(2)15-11-16(20-19-15)17(22)21(10-6-9-18)12-14-7-4-3-5-8-14/h3-5,7-8,11,13H,6,9-10,12,18H2,1-2H3,(H,19,20). The molecule has 0 atom stereocenters. The first-order valence-electron chi connectivity index (χ1n) is 7.70. The van der Waals surface area contributed by atoms with Gasteiger partial charge in [-0.2, -0.15) is 5.10 Å². The van der Waals surface area contributed by atoms with Crippen molar-refractivity contribution < 1.29 is 4.79 Å². The molecular formula is C17H24N4O. The highest BCUT2D eigenvalue weighted by molar-refractivity contribution is 5.92. The third kappa shape index (κ3) is 4.18. The van der Waals surface area contributed by atoms with Gasteiger partial charge in [-0.1, -0.05) is 44.2 Å². The lowest BCUT2D eigenvalue weighted by Gasteiger charge is -2.21. The minimum atomic E-state index is -0.0551. The summed E-state index contributed by atoms with van der Waals surface area (Å²) in [5.41, 5.74) is 8.14. The first-order valence-corrected chi connectivity index (χ1v) is 7.70. The number of rotatable bonds is 7. The van der Waals surface area contributed by atoms with E-state index < -0.39 is 0 Å². The average Bonchev–Trinajstić information content (AvgIpc) is 3.02. The van der Waals surface area contributed by atoms with E-state index >= 15 is 0 Å². The van der Waals surface area contributed by atoms with Crippen LogP contribution in [0.5, 0.6) is 0 Å². The Bertz CT molecular complexity index is 592. The highest BCUT2D eigenvalue weighted by Gasteiger charge is 2.19. The molecule has 3 N–H and O–H groups in total. The number of aromatic amines is 1. The Labute approximate surface area is 131 Å². The van der Waals surface area contributed by atoms with Crippen LogP contribution in [-0.2, 0) is 6.54 Å². The molecule has 22 heavy (non-hydrogen) atoms. The van der Waals surface area contributed by atoms with Crippen LogP contribution in [0.3, 0.4) is 0 Å². The van der Waals surface area contributed by atoms with Gasteiger partial charge in [0.25, 0.3) is 5.91 Å². The molecule has 0 bridgehead atoms. The van der Waals surface area contributed by atoms with Crippen LogP contribution in [0, 0.1) is 0 Å². The predicted molar refractivity (Wildman–Crippen MR) is 87.5 cm³/mol. The summed E-state index contributed by atoms with van der Waals surface area (Å²) in [5, 5.41) is 7.10. The maximum absolute atomic E-state index is 12.7. The minimum absolute atomic E-state index is 0.0551. The second-order valence-electron chi connectivity index (χ2n) is 5.72. The Balaban J connectivity index is 2.14. The van der Waals surface area contributed by atoms with Crippen LogP contribution in [0.2, 0.25) is 0 Å². The van der Waals surface area contributed by atoms with E-state index in [4.69, 9.17) is 5.73 Å². The lowest BCUT2D eigenvalue weighted by atomic mass is 10.1. The van der Waals surface area contributed by atoms with Crippen LogP contribution in [0.4, 0.5) is 0 Å². The van der Waals surface area contributed by atoms with Crippen LogP contribution in [0.1, 0.15) is 47.9 Å². The Hall–Kier alpha value is -2.14. The molecule has 1 aromatic heterocycles. The van der Waals surface area contributed by atoms with Crippen molar-refractivity contribution in [1.82, 2.24) is 15.1 Å². The predicted octanol–water partition coefficient (Wildman–Crippen LogP) is 2.52. The van der Waals surface area contributed by atoms with Crippen LogP contribution in [0.15, 0.2) is 36.4 Å². The molecule has 5 heteroatoms. The largest absolute Gasteiger partial charge is 0.333 e. The SMILES string of the molecule is CC(C)c1cc(C(=O)N(CCCN)Cc2ccccc2)n[nH]1. The van der Waals surface area contributed by atoms with Gasteiger partial charge in [-0.05, 0) is 30.5 Å². The fourth-order valence-electron chi connectivity index (χ4n) is 2.24. The Morgan fingerprint density at radius 2 is 2.05 bits per heavy atom. The number of H-pyrrole nitrogens is 1. The summed E-state index contributed by atoms with van der Waals surface area (Å²) in [5.74, 6) is 0.265. The van der Waals surface area contributed by atoms with E-state index in [2.05, 4.69) is 24.0 Å². The van der Waals surface area contributed by atoms with E-state index in [1.165, 1.54) is 0 Å². The van der Waals surface area contributed by atoms with Gasteiger partial charge in [-0.25, -0.2) is 0 Å². The van der Waals surface area contributed by atoms with Crippen molar-refractivity contribution >= 4 is 5.91 Å². The smallest absolute Gasteiger partial charge is 0.274 e. The molecule has 0 aliphatic carbocycles. The van der Waals surface area contributed by atoms with Gasteiger partial charge < -0.3 is 10.6 Å². The zero-order chi connectivity index (χ0) is 15.9. The van der Waals surface area contributed by atoms with E-state index in [-0.39, 0.29) is 5.91 Å². The number of carbonyl (C=O) groups is 1. The second kappa shape index (κ2) is 7.75. The second-order valence-corrected chi connectivity index (χ2v) is 5.72. The Kier molecular flexibility index (Phi) is 5.72. The zero-order valence-electron chi connectivity index (χ0n) is 13.2. The lowest BCUT2D eigenvalue weighted by molar-refractivity contribution is 0.0736. The molecule has 0 saturated carbocycles. The summed E-state index contributed by atoms with van der Waals surface area (Å²) in [4.78, 5) is 14.5. The molecule has 0 aliphatic heterocycles. The van der Waals surface area contributed by atoms with Crippen LogP contribution in [-0.4, -0.2) is 34.1 Å². The third-order valence-electron chi connectivity index (χ3n) is 3.57. The number of aromatic nitrogens is 2. The summed E-state index contributed by atoms with van der Waals surface area (Å²) in [6.45, 7) is 5.91. The fraction of sp³-hybridized carbons (Fsp3) is 0.412. The third-order valence-corrected chi connectivity index (χ3v) is 3.57. The van der Waals surface area contributed by atoms with Gasteiger partial charge in [-0.15, -0.1) is 0 Å². The topological polar surface area (TPSA) is 75.0 Å². The lowest BCUT2D eigenvalue weighted by Crippen LogP contribution is -2.32. The van der Waals surface area contributed by atoms with Crippen molar-refractivity contribution in [3.8, 4) is 0 Å². The van der Waals surface area contributed by atoms with Gasteiger partial charge in [0, 0.05) is 18.8 Å². The molecule has 0 fully saturated rings. The quantitative estimate of drug-likeness (QED) is 0.825. The monoisotopic (exact) mass is 300 g/mol. The van der Waals surface area contributed by atoms with Gasteiger partial charge in [0.05, 0.1) is 0 Å². The maximum atomic E-state index is 12.7. The van der Waals surface area contributed by atoms with Crippen molar-refractivity contribution in [2.75, 3.05) is 13.1 Å². The number of nitrogens with two attached hydrogens (primary N) is 1. The molecule has 1 heterocycles. The number of benzene rings is 1. The molecule has 118 valence electrons. The molecule has 1 aromatic carbocycles. The van der Waals surface area contributed by atoms with E-state index in [0.717, 1.165) is 17.7 Å². The van der Waals surface area contributed by atoms with Crippen molar-refractivity contribution in [2.24, 2.45) is 5.73 Å². The highest BCUT2D eigenvalue weighted by Crippen LogP contribution is 2.15. The van der Waals surface area contributed by atoms with Gasteiger partial charge >= 0.3 is 0 Å². The molecule has 2 aromatic rings. The fourth-order valence-corrected chi connectivity index (χ4v) is 2.24. The normalized spacial score (nSPS) is 10.9. The van der Waals surface area contributed by atoms with Gasteiger partial charge in [0.15, 0.2) is 0 Å². The number of nitrogens with zero attached hydrogens (tertiary/aromatic N) is 2. The summed E-state index contributed by atoms with van der Waals surface area (Å²) in [6, 6.07) is 11.8. The number of carbonyl (C=O) groups excluding carboxylic acids is 1. The van der Waals surface area contributed by atoms with Gasteiger partial charge in [0.2, 0.25) is 0 Å². The van der Waals surface area contributed by atoms with Gasteiger partial charge in [0.1, 0.15) is 5.69 Å². The van der Waals surface area contributed by atoms with Crippen molar-refractivity contribution in [2.45, 2.75) is 32.7 Å². The van der Waals surface area contributed by atoms with E-state index in [9.17, 15) is 4.79 Å². The summed E-state index contributed by atoms with van der Waals surface area (Å²) >= 11 is 0. The van der Waals surface area contributed by atoms with Crippen LogP contribution >= 0.6 is 0 Å². The number of amides is 1. The molecule has 0 spiro atoms. The zero-order valence-corrected chi connectivity index (χ0v) is 13.2. The molecular weight excluding hydrogens is 276 g/mol. The summed E-state index contributed by atoms with van der Waals surface area (Å²) in [6.07, 6.45) is 0.778. The molecule has 2 rings (SSSR count). The van der Waals surface area contributed by atoms with Crippen molar-refractivity contribution in [3.63, 3.8) is 0 Å². The molecule has 0 radical (unpaired) electrons.